The maximum atomic E-state index is 12.2. The molecular weight excluding hydrogens is 412 g/mol. The molecule has 0 unspecified atom stereocenters. The van der Waals surface area contributed by atoms with Crippen LogP contribution in [0.1, 0.15) is 46.0 Å². The van der Waals surface area contributed by atoms with Gasteiger partial charge in [-0.1, -0.05) is 6.92 Å². The minimum Gasteiger partial charge on any atom is -0.356 e. The van der Waals surface area contributed by atoms with E-state index in [1.165, 1.54) is 0 Å². The number of anilines is 1. The zero-order chi connectivity index (χ0) is 22.0. The summed E-state index contributed by atoms with van der Waals surface area (Å²) >= 11 is 0. The monoisotopic (exact) mass is 446 g/mol. The molecule has 0 aromatic carbocycles. The van der Waals surface area contributed by atoms with E-state index in [4.69, 9.17) is 0 Å². The van der Waals surface area contributed by atoms with Crippen LogP contribution in [0.4, 0.5) is 5.82 Å². The fourth-order valence-electron chi connectivity index (χ4n) is 5.41. The highest BCUT2D eigenvalue weighted by Crippen LogP contribution is 2.33. The van der Waals surface area contributed by atoms with E-state index < -0.39 is 10.3 Å². The minimum atomic E-state index is -2.16. The molecule has 0 amide bonds. The van der Waals surface area contributed by atoms with Crippen LogP contribution in [0.3, 0.4) is 0 Å². The summed E-state index contributed by atoms with van der Waals surface area (Å²) in [5.41, 5.74) is 0.846. The number of hydrogen-bond donors (Lipinski definition) is 2. The van der Waals surface area contributed by atoms with Crippen molar-refractivity contribution >= 4 is 32.1 Å². The molecule has 0 radical (unpaired) electrons. The van der Waals surface area contributed by atoms with Crippen LogP contribution in [0, 0.1) is 11.8 Å². The zero-order valence-corrected chi connectivity index (χ0v) is 19.5. The van der Waals surface area contributed by atoms with Gasteiger partial charge in [-0.2, -0.15) is 8.42 Å². The van der Waals surface area contributed by atoms with Crippen molar-refractivity contribution in [1.82, 2.24) is 25.2 Å². The molecule has 2 fully saturated rings. The summed E-state index contributed by atoms with van der Waals surface area (Å²) in [5, 5.41) is 4.52. The molecule has 2 N–H and O–H groups in total. The van der Waals surface area contributed by atoms with Crippen molar-refractivity contribution in [3.63, 3.8) is 0 Å². The predicted octanol–water partition coefficient (Wildman–Crippen LogP) is 2.28. The summed E-state index contributed by atoms with van der Waals surface area (Å²) in [6.07, 6.45) is 8.24. The van der Waals surface area contributed by atoms with Crippen LogP contribution in [0.25, 0.3) is 11.0 Å². The Balaban J connectivity index is 1.41. The third-order valence-corrected chi connectivity index (χ3v) is 8.13. The van der Waals surface area contributed by atoms with Crippen LogP contribution in [-0.2, 0) is 10.3 Å². The van der Waals surface area contributed by atoms with Crippen LogP contribution in [0.2, 0.25) is 0 Å². The normalized spacial score (nSPS) is 25.6. The van der Waals surface area contributed by atoms with Gasteiger partial charge in [0.2, 0.25) is 10.3 Å². The van der Waals surface area contributed by atoms with E-state index in [1.807, 2.05) is 12.3 Å². The highest BCUT2D eigenvalue weighted by atomic mass is 32.2. The molecule has 31 heavy (non-hydrogen) atoms. The Morgan fingerprint density at radius 3 is 2.77 bits per heavy atom. The van der Waals surface area contributed by atoms with Crippen LogP contribution >= 0.6 is 0 Å². The van der Waals surface area contributed by atoms with Crippen molar-refractivity contribution in [1.29, 1.82) is 0 Å². The van der Waals surface area contributed by atoms with E-state index in [9.17, 15) is 8.42 Å². The predicted molar refractivity (Wildman–Crippen MR) is 125 cm³/mol. The Labute approximate surface area is 186 Å². The number of aromatic amines is 1. The highest BCUT2D eigenvalue weighted by molar-refractivity contribution is 7.72. The molecule has 2 atom stereocenters. The largest absolute Gasteiger partial charge is 0.356 e. The molecule has 1 saturated carbocycles. The molecular formula is C22H34N6O2S. The van der Waals surface area contributed by atoms with Gasteiger partial charge >= 0.3 is 0 Å². The molecule has 170 valence electrons. The van der Waals surface area contributed by atoms with Gasteiger partial charge in [0.05, 0.1) is 5.39 Å². The molecule has 0 bridgehead atoms. The van der Waals surface area contributed by atoms with Crippen LogP contribution < -0.4 is 10.2 Å². The topological polar surface area (TPSA) is 94.2 Å². The molecule has 1 saturated heterocycles. The Kier molecular flexibility index (Phi) is 6.93. The van der Waals surface area contributed by atoms with Gasteiger partial charge in [-0.15, -0.1) is 0 Å². The second-order valence-electron chi connectivity index (χ2n) is 8.97. The van der Waals surface area contributed by atoms with Gasteiger partial charge in [-0.05, 0) is 57.6 Å². The number of nitrogens with zero attached hydrogens (tertiary/aromatic N) is 4. The summed E-state index contributed by atoms with van der Waals surface area (Å²) in [4.78, 5) is 17.0. The second kappa shape index (κ2) is 9.67. The molecule has 1 aliphatic heterocycles. The summed E-state index contributed by atoms with van der Waals surface area (Å²) < 4.78 is 24.4. The number of fused-ring (bicyclic) bond motifs is 1. The second-order valence-corrected chi connectivity index (χ2v) is 9.86. The average molecular weight is 447 g/mol. The van der Waals surface area contributed by atoms with Crippen LogP contribution in [-0.4, -0.2) is 72.0 Å². The molecule has 2 aromatic heterocycles. The van der Waals surface area contributed by atoms with E-state index in [0.717, 1.165) is 68.6 Å². The van der Waals surface area contributed by atoms with Gasteiger partial charge in [0, 0.05) is 44.3 Å². The first-order valence-electron chi connectivity index (χ1n) is 11.4. The van der Waals surface area contributed by atoms with Gasteiger partial charge in [0.25, 0.3) is 0 Å². The van der Waals surface area contributed by atoms with Crippen molar-refractivity contribution < 1.29 is 8.42 Å². The summed E-state index contributed by atoms with van der Waals surface area (Å²) in [6.45, 7) is 6.95. The molecule has 0 spiro atoms. The number of likely N-dealkylation sites (tertiary alicyclic amines) is 1. The Morgan fingerprint density at radius 2 is 2.06 bits per heavy atom. The van der Waals surface area contributed by atoms with Crippen molar-refractivity contribution in [2.75, 3.05) is 31.6 Å². The van der Waals surface area contributed by atoms with Gasteiger partial charge in [0.15, 0.2) is 0 Å². The molecule has 2 aromatic rings. The van der Waals surface area contributed by atoms with E-state index in [2.05, 4.69) is 51.0 Å². The fourth-order valence-corrected chi connectivity index (χ4v) is 6.29. The van der Waals surface area contributed by atoms with Crippen molar-refractivity contribution in [2.45, 2.75) is 58.0 Å². The Bertz CT molecular complexity index is 1020. The van der Waals surface area contributed by atoms with Gasteiger partial charge in [-0.25, -0.2) is 9.97 Å². The number of H-pyrrole nitrogens is 1. The van der Waals surface area contributed by atoms with E-state index in [0.29, 0.717) is 23.0 Å². The van der Waals surface area contributed by atoms with Crippen molar-refractivity contribution in [3.05, 3.63) is 18.6 Å². The van der Waals surface area contributed by atoms with Crippen molar-refractivity contribution in [2.24, 2.45) is 11.8 Å². The van der Waals surface area contributed by atoms with E-state index >= 15 is 0 Å². The number of aromatic nitrogens is 3. The molecule has 8 nitrogen and oxygen atoms in total. The first kappa shape index (κ1) is 22.2. The molecule has 9 heteroatoms. The maximum Gasteiger partial charge on any atom is 0.228 e. The van der Waals surface area contributed by atoms with Gasteiger partial charge in [0.1, 0.15) is 22.8 Å². The average Bonchev–Trinajstić information content (AvgIpc) is 3.43. The van der Waals surface area contributed by atoms with Crippen molar-refractivity contribution in [3.8, 4) is 0 Å². The first-order valence-corrected chi connectivity index (χ1v) is 12.5. The lowest BCUT2D eigenvalue weighted by molar-refractivity contribution is 0.345. The summed E-state index contributed by atoms with van der Waals surface area (Å²) in [5.74, 6) is 1.56. The lowest BCUT2D eigenvalue weighted by atomic mass is 9.85. The quantitative estimate of drug-likeness (QED) is 0.658. The molecule has 3 heterocycles. The minimum absolute atomic E-state index is 0.119. The third-order valence-electron chi connectivity index (χ3n) is 7.20. The molecule has 2 aliphatic rings. The number of hydrogen-bond acceptors (Lipinski definition) is 6. The lowest BCUT2D eigenvalue weighted by Gasteiger charge is -2.36. The van der Waals surface area contributed by atoms with Crippen LogP contribution in [0.15, 0.2) is 18.6 Å². The Hall–Kier alpha value is -1.97. The van der Waals surface area contributed by atoms with Crippen LogP contribution in [0.5, 0.6) is 0 Å². The number of rotatable bonds is 6. The smallest absolute Gasteiger partial charge is 0.228 e. The zero-order valence-electron chi connectivity index (χ0n) is 18.7. The van der Waals surface area contributed by atoms with E-state index in [1.54, 1.807) is 6.33 Å². The highest BCUT2D eigenvalue weighted by Gasteiger charge is 2.35. The summed E-state index contributed by atoms with van der Waals surface area (Å²) in [7, 11) is -0.0733. The summed E-state index contributed by atoms with van der Waals surface area (Å²) in [6, 6.07) is 2.78. The van der Waals surface area contributed by atoms with E-state index in [-0.39, 0.29) is 5.92 Å². The standard InChI is InChI=1S/C22H34N6O2S/c1-4-23-15(2)17-10-12-28(13-17)22(31(29)30)16-5-7-18(8-6-16)27(3)21-19-9-11-24-20(19)25-14-26-21/h9,11,14-18,23H,4-8,10,12-13H2,1-3H3,(H,24,25,26)/t15-,16?,17+,18?/m0/s1. The maximum absolute atomic E-state index is 12.2. The Morgan fingerprint density at radius 1 is 1.29 bits per heavy atom. The molecule has 4 rings (SSSR count). The van der Waals surface area contributed by atoms with Gasteiger partial charge < -0.3 is 15.2 Å². The molecule has 1 aliphatic carbocycles. The number of nitrogens with one attached hydrogen (secondary N) is 2. The third kappa shape index (κ3) is 4.63. The lowest BCUT2D eigenvalue weighted by Crippen LogP contribution is -2.42. The first-order chi connectivity index (χ1) is 15.0. The van der Waals surface area contributed by atoms with Gasteiger partial charge in [-0.3, -0.25) is 4.90 Å². The fraction of sp³-hybridized carbons (Fsp3) is 0.682. The SMILES string of the molecule is CCN[C@@H](C)[C@@H]1CCN(C(C2CCC(N(C)c3ncnc4[nH]ccc34)CC2)=S(=O)=O)C1.